The van der Waals surface area contributed by atoms with E-state index in [2.05, 4.69) is 0 Å². The van der Waals surface area contributed by atoms with Gasteiger partial charge in [0.2, 0.25) is 5.91 Å². The zero-order valence-corrected chi connectivity index (χ0v) is 8.77. The highest BCUT2D eigenvalue weighted by Gasteiger charge is 2.12. The van der Waals surface area contributed by atoms with Crippen molar-refractivity contribution in [3.8, 4) is 0 Å². The van der Waals surface area contributed by atoms with Gasteiger partial charge in [-0.15, -0.1) is 28.7 Å². The molecule has 1 rings (SSSR count). The predicted molar refractivity (Wildman–Crippen MR) is 52.4 cm³/mol. The van der Waals surface area contributed by atoms with Crippen molar-refractivity contribution in [1.29, 1.82) is 0 Å². The minimum absolute atomic E-state index is 0. The Morgan fingerprint density at radius 2 is 2.55 bits per heavy atom. The molecule has 0 saturated heterocycles. The zero-order valence-electron chi connectivity index (χ0n) is 6.24. The van der Waals surface area contributed by atoms with Gasteiger partial charge >= 0.3 is 0 Å². The molecule has 64 valence electrons. The number of rotatable bonds is 2. The molecular weight excluding hydrogens is 228 g/mol. The van der Waals surface area contributed by atoms with Crippen LogP contribution in [0.2, 0.25) is 0 Å². The Bertz CT molecular complexity index is 183. The lowest BCUT2D eigenvalue weighted by molar-refractivity contribution is -0.118. The number of hydrogen-bond donors (Lipinski definition) is 1. The average Bonchev–Trinajstić information content (AvgIpc) is 2.15. The molecule has 1 aliphatic rings. The maximum Gasteiger partial charge on any atom is 0.236 e. The first-order valence-electron chi connectivity index (χ1n) is 3.02. The van der Waals surface area contributed by atoms with Crippen LogP contribution in [0.1, 0.15) is 6.92 Å². The van der Waals surface area contributed by atoms with Crippen molar-refractivity contribution in [2.75, 3.05) is 12.4 Å². The number of carbonyl (C=O) groups is 1. The van der Waals surface area contributed by atoms with Crippen LogP contribution in [0.15, 0.2) is 11.1 Å². The summed E-state index contributed by atoms with van der Waals surface area (Å²) >= 11 is 1.69. The third-order valence-corrected chi connectivity index (χ3v) is 2.30. The molecule has 1 aliphatic heterocycles. The number of carbonyl (C=O) groups excluding carboxylic acids is 1. The number of hydrogen-bond acceptors (Lipinski definition) is 3. The lowest BCUT2D eigenvalue weighted by Gasteiger charge is -2.15. The van der Waals surface area contributed by atoms with Crippen LogP contribution >= 0.6 is 28.7 Å². The van der Waals surface area contributed by atoms with Gasteiger partial charge in [-0.2, -0.15) is 0 Å². The summed E-state index contributed by atoms with van der Waals surface area (Å²) in [5.74, 6) is 0.588. The van der Waals surface area contributed by atoms with Crippen molar-refractivity contribution in [3.63, 3.8) is 0 Å². The lowest BCUT2D eigenvalue weighted by Crippen LogP contribution is -2.30. The topological polar surface area (TPSA) is 46.3 Å². The van der Waals surface area contributed by atoms with Crippen LogP contribution < -0.4 is 5.73 Å². The average molecular weight is 239 g/mol. The molecule has 0 spiro atoms. The molecule has 0 aliphatic carbocycles. The van der Waals surface area contributed by atoms with E-state index < -0.39 is 0 Å². The van der Waals surface area contributed by atoms with Gasteiger partial charge in [0.05, 0.1) is 12.4 Å². The number of thioether (sulfide) groups is 1. The Morgan fingerprint density at radius 3 is 2.91 bits per heavy atom. The third-order valence-electron chi connectivity index (χ3n) is 1.33. The first-order chi connectivity index (χ1) is 4.70. The summed E-state index contributed by atoms with van der Waals surface area (Å²) in [4.78, 5) is 12.4. The summed E-state index contributed by atoms with van der Waals surface area (Å²) < 4.78 is 0. The van der Waals surface area contributed by atoms with Crippen molar-refractivity contribution in [1.82, 2.24) is 4.90 Å². The van der Waals surface area contributed by atoms with E-state index in [4.69, 9.17) is 5.73 Å². The second-order valence-corrected chi connectivity index (χ2v) is 3.05. The lowest BCUT2D eigenvalue weighted by atomic mass is 10.4. The van der Waals surface area contributed by atoms with E-state index in [1.54, 1.807) is 11.8 Å². The Kier molecular flexibility index (Phi) is 4.60. The number of halogens is 1. The fourth-order valence-electron chi connectivity index (χ4n) is 0.783. The van der Waals surface area contributed by atoms with Crippen molar-refractivity contribution in [2.45, 2.75) is 6.92 Å². The molecular formula is C6H11BrN2OS. The largest absolute Gasteiger partial charge is 0.368 e. The van der Waals surface area contributed by atoms with Crippen LogP contribution in [0.5, 0.6) is 0 Å². The number of allylic oxidation sites excluding steroid dienone is 1. The van der Waals surface area contributed by atoms with Gasteiger partial charge in [0.25, 0.3) is 0 Å². The highest BCUT2D eigenvalue weighted by molar-refractivity contribution is 8.93. The zero-order chi connectivity index (χ0) is 7.56. The van der Waals surface area contributed by atoms with Crippen LogP contribution in [0.4, 0.5) is 0 Å². The van der Waals surface area contributed by atoms with Gasteiger partial charge in [-0.25, -0.2) is 0 Å². The Hall–Kier alpha value is -0.160. The quantitative estimate of drug-likeness (QED) is 0.779. The number of nitrogens with two attached hydrogens (primary N) is 1. The highest BCUT2D eigenvalue weighted by atomic mass is 79.9. The van der Waals surface area contributed by atoms with E-state index in [-0.39, 0.29) is 22.9 Å². The van der Waals surface area contributed by atoms with E-state index in [0.29, 0.717) is 6.54 Å². The van der Waals surface area contributed by atoms with Crippen molar-refractivity contribution in [2.24, 2.45) is 5.73 Å². The van der Waals surface area contributed by atoms with E-state index in [9.17, 15) is 4.79 Å². The summed E-state index contributed by atoms with van der Waals surface area (Å²) in [6.07, 6.45) is 0. The molecule has 1 heterocycles. The molecule has 1 amide bonds. The minimum Gasteiger partial charge on any atom is -0.368 e. The second kappa shape index (κ2) is 4.66. The third kappa shape index (κ3) is 3.16. The molecule has 0 radical (unpaired) electrons. The van der Waals surface area contributed by atoms with Crippen LogP contribution in [0, 0.1) is 0 Å². The van der Waals surface area contributed by atoms with Gasteiger partial charge in [0, 0.05) is 5.70 Å². The van der Waals surface area contributed by atoms with Crippen molar-refractivity contribution >= 4 is 34.7 Å². The summed E-state index contributed by atoms with van der Waals surface area (Å²) in [6, 6.07) is 0. The fraction of sp³-hybridized carbons (Fsp3) is 0.500. The van der Waals surface area contributed by atoms with Gasteiger partial charge in [0.15, 0.2) is 0 Å². The van der Waals surface area contributed by atoms with Crippen LogP contribution in [0.25, 0.3) is 0 Å². The maximum absolute atomic E-state index is 10.4. The molecule has 5 heteroatoms. The molecule has 0 aromatic heterocycles. The molecule has 11 heavy (non-hydrogen) atoms. The van der Waals surface area contributed by atoms with Gasteiger partial charge in [-0.05, 0) is 12.3 Å². The van der Waals surface area contributed by atoms with Gasteiger partial charge in [0.1, 0.15) is 0 Å². The van der Waals surface area contributed by atoms with Crippen LogP contribution in [-0.4, -0.2) is 23.2 Å². The minimum atomic E-state index is -0.268. The Morgan fingerprint density at radius 1 is 1.91 bits per heavy atom. The van der Waals surface area contributed by atoms with Crippen molar-refractivity contribution in [3.05, 3.63) is 11.1 Å². The highest BCUT2D eigenvalue weighted by Crippen LogP contribution is 2.21. The fourth-order valence-corrected chi connectivity index (χ4v) is 1.72. The van der Waals surface area contributed by atoms with E-state index >= 15 is 0 Å². The Balaban J connectivity index is 0.000001000. The number of amides is 1. The van der Waals surface area contributed by atoms with Crippen LogP contribution in [0.3, 0.4) is 0 Å². The molecule has 0 saturated carbocycles. The molecule has 3 nitrogen and oxygen atoms in total. The molecule has 0 atom stereocenters. The molecule has 0 fully saturated rings. The number of primary amides is 1. The smallest absolute Gasteiger partial charge is 0.236 e. The van der Waals surface area contributed by atoms with E-state index in [0.717, 1.165) is 11.6 Å². The summed E-state index contributed by atoms with van der Waals surface area (Å²) in [6.45, 7) is 2.32. The normalized spacial score (nSPS) is 15.7. The Labute approximate surface area is 80.8 Å². The monoisotopic (exact) mass is 238 g/mol. The first-order valence-corrected chi connectivity index (χ1v) is 4.06. The summed E-state index contributed by atoms with van der Waals surface area (Å²) in [7, 11) is 0. The first kappa shape index (κ1) is 10.8. The molecule has 2 N–H and O–H groups in total. The standard InChI is InChI=1S/C6H10N2OS.BrH/c1-5-3-10-4-8(5)2-6(7)9;/h3H,2,4H2,1H3,(H2,7,9);1H. The molecule has 0 aromatic carbocycles. The van der Waals surface area contributed by atoms with E-state index in [1.165, 1.54) is 0 Å². The second-order valence-electron chi connectivity index (χ2n) is 2.22. The van der Waals surface area contributed by atoms with E-state index in [1.807, 2.05) is 17.2 Å². The number of nitrogens with zero attached hydrogens (tertiary/aromatic N) is 1. The van der Waals surface area contributed by atoms with Gasteiger partial charge in [-0.1, -0.05) is 0 Å². The maximum atomic E-state index is 10.4. The molecule has 0 unspecified atom stereocenters. The van der Waals surface area contributed by atoms with Gasteiger partial charge in [-0.3, -0.25) is 4.79 Å². The van der Waals surface area contributed by atoms with Gasteiger partial charge < -0.3 is 10.6 Å². The van der Waals surface area contributed by atoms with Crippen LogP contribution in [-0.2, 0) is 4.79 Å². The molecule has 0 aromatic rings. The van der Waals surface area contributed by atoms with Crippen molar-refractivity contribution < 1.29 is 4.79 Å². The summed E-state index contributed by atoms with van der Waals surface area (Å²) in [5, 5.41) is 2.03. The summed E-state index contributed by atoms with van der Waals surface area (Å²) in [5.41, 5.74) is 6.15. The molecule has 0 bridgehead atoms. The SMILES string of the molecule is Br.CC1=CSCN1CC(N)=O. The predicted octanol–water partition coefficient (Wildman–Crippen LogP) is 0.917.